The van der Waals surface area contributed by atoms with E-state index >= 15 is 0 Å². The van der Waals surface area contributed by atoms with Crippen molar-refractivity contribution in [3.63, 3.8) is 0 Å². The van der Waals surface area contributed by atoms with E-state index in [1.54, 1.807) is 18.2 Å². The van der Waals surface area contributed by atoms with Crippen molar-refractivity contribution in [2.45, 2.75) is 6.18 Å². The fraction of sp³-hybridized carbons (Fsp3) is 0.188. The summed E-state index contributed by atoms with van der Waals surface area (Å²) >= 11 is 0. The number of nitrogens with zero attached hydrogens (tertiary/aromatic N) is 2. The minimum absolute atomic E-state index is 0.0702. The second-order valence-corrected chi connectivity index (χ2v) is 5.08. The number of pyridine rings is 1. The first-order chi connectivity index (χ1) is 10.9. The molecule has 4 nitrogen and oxygen atoms in total. The van der Waals surface area contributed by atoms with E-state index < -0.39 is 11.9 Å². The average molecular weight is 319 g/mol. The number of aromatic nitrogens is 1. The molecule has 0 radical (unpaired) electrons. The van der Waals surface area contributed by atoms with Crippen molar-refractivity contribution < 1.29 is 18.0 Å². The number of ketones is 1. The first kappa shape index (κ1) is 15.4. The molecular formula is C16H12F3N3O. The number of carbonyl (C=O) groups excluding carboxylic acids is 1. The Morgan fingerprint density at radius 3 is 2.43 bits per heavy atom. The van der Waals surface area contributed by atoms with E-state index in [2.05, 4.69) is 9.98 Å². The average Bonchev–Trinajstić information content (AvgIpc) is 2.54. The molecule has 0 fully saturated rings. The predicted molar refractivity (Wildman–Crippen MR) is 79.5 cm³/mol. The molecule has 0 atom stereocenters. The molecule has 2 aromatic rings. The van der Waals surface area contributed by atoms with Gasteiger partial charge in [0.1, 0.15) is 12.2 Å². The molecule has 1 aliphatic heterocycles. The summed E-state index contributed by atoms with van der Waals surface area (Å²) in [4.78, 5) is 19.4. The third-order valence-corrected chi connectivity index (χ3v) is 3.63. The molecule has 2 heterocycles. The molecule has 2 N–H and O–H groups in total. The van der Waals surface area contributed by atoms with Crippen LogP contribution in [-0.2, 0) is 6.18 Å². The Hall–Kier alpha value is -2.54. The number of hydrogen-bond donors (Lipinski definition) is 1. The van der Waals surface area contributed by atoms with Gasteiger partial charge in [0.25, 0.3) is 0 Å². The maximum atomic E-state index is 12.6. The maximum absolute atomic E-state index is 12.6. The first-order valence-electron chi connectivity index (χ1n) is 6.85. The molecule has 7 heteroatoms. The van der Waals surface area contributed by atoms with E-state index in [4.69, 9.17) is 5.73 Å². The van der Waals surface area contributed by atoms with Gasteiger partial charge in [0.2, 0.25) is 0 Å². The van der Waals surface area contributed by atoms with Gasteiger partial charge in [-0.15, -0.1) is 0 Å². The van der Waals surface area contributed by atoms with Gasteiger partial charge in [-0.3, -0.25) is 14.8 Å². The van der Waals surface area contributed by atoms with Crippen molar-refractivity contribution in [1.82, 2.24) is 4.98 Å². The van der Waals surface area contributed by atoms with Crippen LogP contribution in [0.4, 0.5) is 13.2 Å². The summed E-state index contributed by atoms with van der Waals surface area (Å²) in [5, 5.41) is 0. The number of hydrogen-bond acceptors (Lipinski definition) is 4. The summed E-state index contributed by atoms with van der Waals surface area (Å²) in [6, 6.07) is 7.32. The van der Waals surface area contributed by atoms with Crippen LogP contribution in [0.5, 0.6) is 0 Å². The van der Waals surface area contributed by atoms with E-state index in [0.29, 0.717) is 28.0 Å². The topological polar surface area (TPSA) is 68.3 Å². The van der Waals surface area contributed by atoms with Crippen molar-refractivity contribution in [2.24, 2.45) is 10.7 Å². The van der Waals surface area contributed by atoms with Crippen LogP contribution in [0.25, 0.3) is 11.1 Å². The van der Waals surface area contributed by atoms with Crippen LogP contribution in [0, 0.1) is 0 Å². The molecule has 0 spiro atoms. The zero-order valence-corrected chi connectivity index (χ0v) is 11.9. The standard InChI is InChI=1S/C16H12F3N3O/c17-16(18,19)15-4-2-10(7-22-15)9-1-3-11-12(5-9)13(6-20)21-8-14(11)23/h1-5,7H,6,8,20H2. The number of alkyl halides is 3. The maximum Gasteiger partial charge on any atom is 0.433 e. The Balaban J connectivity index is 2.02. The van der Waals surface area contributed by atoms with E-state index in [-0.39, 0.29) is 18.9 Å². The Bertz CT molecular complexity index is 795. The number of aliphatic imine (C=N–C) groups is 1. The van der Waals surface area contributed by atoms with Gasteiger partial charge in [0.05, 0.1) is 5.71 Å². The van der Waals surface area contributed by atoms with Crippen molar-refractivity contribution in [3.8, 4) is 11.1 Å². The normalized spacial score (nSPS) is 14.4. The van der Waals surface area contributed by atoms with Gasteiger partial charge in [-0.05, 0) is 17.7 Å². The summed E-state index contributed by atoms with van der Waals surface area (Å²) < 4.78 is 37.7. The van der Waals surface area contributed by atoms with Crippen molar-refractivity contribution in [3.05, 3.63) is 53.3 Å². The van der Waals surface area contributed by atoms with Crippen LogP contribution in [0.1, 0.15) is 21.6 Å². The number of Topliss-reactive ketones (excluding diaryl/α,β-unsaturated/α-hetero) is 1. The predicted octanol–water partition coefficient (Wildman–Crippen LogP) is 2.71. The number of benzene rings is 1. The highest BCUT2D eigenvalue weighted by Crippen LogP contribution is 2.30. The van der Waals surface area contributed by atoms with E-state index in [1.807, 2.05) is 0 Å². The third-order valence-electron chi connectivity index (χ3n) is 3.63. The molecule has 1 aromatic heterocycles. The molecule has 23 heavy (non-hydrogen) atoms. The Morgan fingerprint density at radius 2 is 1.83 bits per heavy atom. The van der Waals surface area contributed by atoms with Crippen LogP contribution < -0.4 is 5.73 Å². The zero-order valence-electron chi connectivity index (χ0n) is 11.9. The molecule has 1 aliphatic rings. The lowest BCUT2D eigenvalue weighted by molar-refractivity contribution is -0.141. The van der Waals surface area contributed by atoms with E-state index in [1.165, 1.54) is 6.07 Å². The van der Waals surface area contributed by atoms with Gasteiger partial charge in [0.15, 0.2) is 5.78 Å². The number of rotatable bonds is 2. The zero-order chi connectivity index (χ0) is 16.6. The molecule has 0 saturated heterocycles. The Kier molecular flexibility index (Phi) is 3.73. The van der Waals surface area contributed by atoms with E-state index in [0.717, 1.165) is 12.3 Å². The highest BCUT2D eigenvalue weighted by Gasteiger charge is 2.32. The summed E-state index contributed by atoms with van der Waals surface area (Å²) in [5.74, 6) is -0.103. The second-order valence-electron chi connectivity index (χ2n) is 5.08. The smallest absolute Gasteiger partial charge is 0.325 e. The van der Waals surface area contributed by atoms with Crippen LogP contribution in [0.2, 0.25) is 0 Å². The van der Waals surface area contributed by atoms with Crippen molar-refractivity contribution in [2.75, 3.05) is 13.1 Å². The third kappa shape index (κ3) is 2.87. The van der Waals surface area contributed by atoms with Crippen LogP contribution in [-0.4, -0.2) is 29.6 Å². The lowest BCUT2D eigenvalue weighted by atomic mass is 9.93. The van der Waals surface area contributed by atoms with Crippen LogP contribution in [0.15, 0.2) is 41.5 Å². The van der Waals surface area contributed by atoms with E-state index in [9.17, 15) is 18.0 Å². The number of carbonyl (C=O) groups is 1. The Morgan fingerprint density at radius 1 is 1.09 bits per heavy atom. The van der Waals surface area contributed by atoms with Crippen molar-refractivity contribution in [1.29, 1.82) is 0 Å². The lowest BCUT2D eigenvalue weighted by Gasteiger charge is -2.16. The van der Waals surface area contributed by atoms with Crippen LogP contribution >= 0.6 is 0 Å². The molecule has 0 saturated carbocycles. The highest BCUT2D eigenvalue weighted by atomic mass is 19.4. The fourth-order valence-corrected chi connectivity index (χ4v) is 2.45. The minimum Gasteiger partial charge on any atom is -0.325 e. The highest BCUT2D eigenvalue weighted by molar-refractivity contribution is 6.16. The largest absolute Gasteiger partial charge is 0.433 e. The molecule has 1 aromatic carbocycles. The molecular weight excluding hydrogens is 307 g/mol. The summed E-state index contributed by atoms with van der Waals surface area (Å²) in [7, 11) is 0. The van der Waals surface area contributed by atoms with Gasteiger partial charge in [-0.25, -0.2) is 0 Å². The van der Waals surface area contributed by atoms with Gasteiger partial charge in [-0.1, -0.05) is 18.2 Å². The number of halogens is 3. The second kappa shape index (κ2) is 5.58. The summed E-state index contributed by atoms with van der Waals surface area (Å²) in [6.07, 6.45) is -3.31. The Labute approximate surface area is 129 Å². The van der Waals surface area contributed by atoms with Crippen LogP contribution in [0.3, 0.4) is 0 Å². The molecule has 3 rings (SSSR count). The summed E-state index contributed by atoms with van der Waals surface area (Å²) in [6.45, 7) is 0.260. The fourth-order valence-electron chi connectivity index (χ4n) is 2.45. The van der Waals surface area contributed by atoms with Gasteiger partial charge >= 0.3 is 6.18 Å². The van der Waals surface area contributed by atoms with Gasteiger partial charge in [0, 0.05) is 29.4 Å². The number of nitrogens with two attached hydrogens (primary N) is 1. The quantitative estimate of drug-likeness (QED) is 0.925. The molecule has 0 bridgehead atoms. The number of fused-ring (bicyclic) bond motifs is 1. The first-order valence-corrected chi connectivity index (χ1v) is 6.85. The molecule has 0 amide bonds. The molecule has 0 aliphatic carbocycles. The monoisotopic (exact) mass is 319 g/mol. The van der Waals surface area contributed by atoms with Gasteiger partial charge < -0.3 is 5.73 Å². The minimum atomic E-state index is -4.47. The molecule has 118 valence electrons. The summed E-state index contributed by atoms with van der Waals surface area (Å²) in [5.41, 5.74) is 7.64. The molecule has 0 unspecified atom stereocenters. The SMILES string of the molecule is NCC1=NCC(=O)c2ccc(-c3ccc(C(F)(F)F)nc3)cc21. The lowest BCUT2D eigenvalue weighted by Crippen LogP contribution is -2.24. The van der Waals surface area contributed by atoms with Crippen molar-refractivity contribution >= 4 is 11.5 Å². The van der Waals surface area contributed by atoms with Gasteiger partial charge in [-0.2, -0.15) is 13.2 Å².